The van der Waals surface area contributed by atoms with E-state index in [-0.39, 0.29) is 6.10 Å². The third-order valence-electron chi connectivity index (χ3n) is 9.33. The normalized spacial score (nSPS) is 57.8. The fourth-order valence-corrected chi connectivity index (χ4v) is 8.01. The van der Waals surface area contributed by atoms with Gasteiger partial charge in [0.15, 0.2) is 0 Å². The van der Waals surface area contributed by atoms with Crippen LogP contribution >= 0.6 is 0 Å². The van der Waals surface area contributed by atoms with Gasteiger partial charge in [0, 0.05) is 0 Å². The van der Waals surface area contributed by atoms with Crippen LogP contribution in [0.2, 0.25) is 0 Å². The highest BCUT2D eigenvalue weighted by molar-refractivity contribution is 5.08. The van der Waals surface area contributed by atoms with Gasteiger partial charge in [0.2, 0.25) is 0 Å². The molecule has 0 amide bonds. The van der Waals surface area contributed by atoms with Crippen molar-refractivity contribution in [2.45, 2.75) is 91.1 Å². The van der Waals surface area contributed by atoms with Gasteiger partial charge in [-0.05, 0) is 98.2 Å². The van der Waals surface area contributed by atoms with Crippen molar-refractivity contribution in [3.63, 3.8) is 0 Å². The zero-order valence-corrected chi connectivity index (χ0v) is 15.0. The Kier molecular flexibility index (Phi) is 3.68. The second kappa shape index (κ2) is 5.23. The van der Waals surface area contributed by atoms with Gasteiger partial charge in [-0.15, -0.1) is 0 Å². The smallest absolute Gasteiger partial charge is 0.0543 e. The number of hydrogen-bond acceptors (Lipinski definition) is 1. The van der Waals surface area contributed by atoms with E-state index >= 15 is 0 Å². The molecule has 1 heteroatoms. The SMILES string of the molecule is CCC1CCC2C3CCC4C[C@@H](O)CCC4(C)C3CCC12C. The van der Waals surface area contributed by atoms with E-state index in [1.807, 2.05) is 0 Å². The van der Waals surface area contributed by atoms with Gasteiger partial charge in [0.05, 0.1) is 6.10 Å². The van der Waals surface area contributed by atoms with Gasteiger partial charge >= 0.3 is 0 Å². The molecule has 0 aromatic carbocycles. The van der Waals surface area contributed by atoms with E-state index in [0.29, 0.717) is 10.8 Å². The van der Waals surface area contributed by atoms with Crippen LogP contribution in [0, 0.1) is 40.4 Å². The van der Waals surface area contributed by atoms with Crippen molar-refractivity contribution >= 4 is 0 Å². The molecule has 8 atom stereocenters. The van der Waals surface area contributed by atoms with E-state index in [0.717, 1.165) is 42.4 Å². The van der Waals surface area contributed by atoms with Crippen LogP contribution in [0.1, 0.15) is 85.0 Å². The van der Waals surface area contributed by atoms with Gasteiger partial charge in [0.25, 0.3) is 0 Å². The summed E-state index contributed by atoms with van der Waals surface area (Å²) in [6.07, 6.45) is 13.7. The average molecular weight is 305 g/mol. The maximum Gasteiger partial charge on any atom is 0.0543 e. The quantitative estimate of drug-likeness (QED) is 0.686. The maximum atomic E-state index is 10.1. The molecule has 126 valence electrons. The summed E-state index contributed by atoms with van der Waals surface area (Å²) in [5, 5.41) is 10.1. The second-order valence-corrected chi connectivity index (χ2v) is 9.81. The zero-order valence-electron chi connectivity index (χ0n) is 15.0. The molecule has 4 saturated carbocycles. The molecule has 0 heterocycles. The molecule has 0 bridgehead atoms. The lowest BCUT2D eigenvalue weighted by atomic mass is 9.44. The lowest BCUT2D eigenvalue weighted by Gasteiger charge is -2.61. The zero-order chi connectivity index (χ0) is 15.5. The van der Waals surface area contributed by atoms with Crippen molar-refractivity contribution in [3.05, 3.63) is 0 Å². The predicted octanol–water partition coefficient (Wildman–Crippen LogP) is 5.42. The van der Waals surface area contributed by atoms with Gasteiger partial charge in [-0.1, -0.05) is 27.2 Å². The fourth-order valence-electron chi connectivity index (χ4n) is 8.01. The van der Waals surface area contributed by atoms with Gasteiger partial charge in [-0.25, -0.2) is 0 Å². The van der Waals surface area contributed by atoms with Crippen LogP contribution in [0.15, 0.2) is 0 Å². The second-order valence-electron chi connectivity index (χ2n) is 9.81. The molecule has 0 aliphatic heterocycles. The van der Waals surface area contributed by atoms with E-state index in [2.05, 4.69) is 20.8 Å². The van der Waals surface area contributed by atoms with Crippen LogP contribution in [0.5, 0.6) is 0 Å². The molecule has 1 nitrogen and oxygen atoms in total. The van der Waals surface area contributed by atoms with Crippen molar-refractivity contribution < 1.29 is 5.11 Å². The van der Waals surface area contributed by atoms with E-state index in [4.69, 9.17) is 0 Å². The highest BCUT2D eigenvalue weighted by atomic mass is 16.3. The average Bonchev–Trinajstić information content (AvgIpc) is 2.84. The molecule has 0 saturated heterocycles. The molecule has 7 unspecified atom stereocenters. The lowest BCUT2D eigenvalue weighted by Crippen LogP contribution is -2.53. The first kappa shape index (κ1) is 15.5. The Morgan fingerprint density at radius 3 is 2.36 bits per heavy atom. The van der Waals surface area contributed by atoms with Crippen LogP contribution in [0.25, 0.3) is 0 Å². The van der Waals surface area contributed by atoms with Crippen molar-refractivity contribution in [1.82, 2.24) is 0 Å². The first-order valence-electron chi connectivity index (χ1n) is 10.2. The van der Waals surface area contributed by atoms with Crippen LogP contribution < -0.4 is 0 Å². The molecule has 4 rings (SSSR count). The lowest BCUT2D eigenvalue weighted by molar-refractivity contribution is -0.126. The molecule has 4 aliphatic carbocycles. The molecular weight excluding hydrogens is 268 g/mol. The van der Waals surface area contributed by atoms with Gasteiger partial charge in [0.1, 0.15) is 0 Å². The minimum atomic E-state index is -0.000524. The van der Waals surface area contributed by atoms with Gasteiger partial charge in [-0.2, -0.15) is 0 Å². The highest BCUT2D eigenvalue weighted by Crippen LogP contribution is 2.67. The van der Waals surface area contributed by atoms with E-state index in [1.165, 1.54) is 51.4 Å². The summed E-state index contributed by atoms with van der Waals surface area (Å²) in [5.41, 5.74) is 1.21. The molecular formula is C21H36O. The number of aliphatic hydroxyl groups excluding tert-OH is 1. The summed E-state index contributed by atoms with van der Waals surface area (Å²) >= 11 is 0. The molecule has 22 heavy (non-hydrogen) atoms. The number of hydrogen-bond donors (Lipinski definition) is 1. The summed E-state index contributed by atoms with van der Waals surface area (Å²) < 4.78 is 0. The standard InChI is InChI=1S/C21H36O/c1-4-14-6-8-18-17-7-5-15-13-16(22)9-11-21(15,3)19(17)10-12-20(14,18)2/h14-19,22H,4-13H2,1-3H3/t14?,15?,16-,17?,18?,19?,20?,21?/m0/s1. The molecule has 1 N–H and O–H groups in total. The number of aliphatic hydroxyl groups is 1. The largest absolute Gasteiger partial charge is 0.393 e. The summed E-state index contributed by atoms with van der Waals surface area (Å²) in [6, 6.07) is 0. The summed E-state index contributed by atoms with van der Waals surface area (Å²) in [7, 11) is 0. The first-order chi connectivity index (χ1) is 10.5. The Labute approximate surface area is 137 Å². The maximum absolute atomic E-state index is 10.1. The highest BCUT2D eigenvalue weighted by Gasteiger charge is 2.59. The molecule has 0 radical (unpaired) electrons. The van der Waals surface area contributed by atoms with Gasteiger partial charge < -0.3 is 5.11 Å². The third kappa shape index (κ3) is 2.00. The van der Waals surface area contributed by atoms with Crippen molar-refractivity contribution in [2.24, 2.45) is 40.4 Å². The van der Waals surface area contributed by atoms with Crippen LogP contribution in [-0.4, -0.2) is 11.2 Å². The third-order valence-corrected chi connectivity index (χ3v) is 9.33. The Morgan fingerprint density at radius 2 is 1.59 bits per heavy atom. The van der Waals surface area contributed by atoms with Crippen LogP contribution in [-0.2, 0) is 0 Å². The number of rotatable bonds is 1. The van der Waals surface area contributed by atoms with Crippen molar-refractivity contribution in [3.8, 4) is 0 Å². The Hall–Kier alpha value is -0.0400. The Balaban J connectivity index is 1.61. The Morgan fingerprint density at radius 1 is 0.864 bits per heavy atom. The molecule has 4 fully saturated rings. The summed E-state index contributed by atoms with van der Waals surface area (Å²) in [4.78, 5) is 0. The molecule has 0 aromatic rings. The molecule has 4 aliphatic rings. The summed E-state index contributed by atoms with van der Waals surface area (Å²) in [6.45, 7) is 7.68. The Bertz CT molecular complexity index is 432. The molecule has 0 aromatic heterocycles. The van der Waals surface area contributed by atoms with Crippen LogP contribution in [0.3, 0.4) is 0 Å². The minimum Gasteiger partial charge on any atom is -0.393 e. The van der Waals surface area contributed by atoms with Gasteiger partial charge in [-0.3, -0.25) is 0 Å². The minimum absolute atomic E-state index is 0.000524. The topological polar surface area (TPSA) is 20.2 Å². The van der Waals surface area contributed by atoms with Crippen LogP contribution in [0.4, 0.5) is 0 Å². The first-order valence-corrected chi connectivity index (χ1v) is 10.2. The summed E-state index contributed by atoms with van der Waals surface area (Å²) in [5.74, 6) is 4.79. The monoisotopic (exact) mass is 304 g/mol. The predicted molar refractivity (Wildman–Crippen MR) is 91.5 cm³/mol. The van der Waals surface area contributed by atoms with Crippen molar-refractivity contribution in [2.75, 3.05) is 0 Å². The van der Waals surface area contributed by atoms with E-state index in [9.17, 15) is 5.11 Å². The fraction of sp³-hybridized carbons (Fsp3) is 1.00. The van der Waals surface area contributed by atoms with E-state index < -0.39 is 0 Å². The van der Waals surface area contributed by atoms with E-state index in [1.54, 1.807) is 0 Å². The van der Waals surface area contributed by atoms with Crippen molar-refractivity contribution in [1.29, 1.82) is 0 Å². The molecule has 0 spiro atoms. The number of fused-ring (bicyclic) bond motifs is 5.